The van der Waals surface area contributed by atoms with E-state index in [1.807, 2.05) is 6.92 Å². The number of nitrogens with zero attached hydrogens (tertiary/aromatic N) is 2. The predicted octanol–water partition coefficient (Wildman–Crippen LogP) is 2.71. The van der Waals surface area contributed by atoms with Crippen molar-refractivity contribution < 1.29 is 28.5 Å². The SMILES string of the molecule is COc1cccc(OC)c1C(=O)N1CCN(C(=O)c2c(OC)cccc2OC)C(C)C1. The largest absolute Gasteiger partial charge is 0.496 e. The fourth-order valence-corrected chi connectivity index (χ4v) is 3.87. The number of hydrogen-bond donors (Lipinski definition) is 0. The summed E-state index contributed by atoms with van der Waals surface area (Å²) in [6.07, 6.45) is 0. The van der Waals surface area contributed by atoms with E-state index in [-0.39, 0.29) is 17.9 Å². The molecule has 31 heavy (non-hydrogen) atoms. The lowest BCUT2D eigenvalue weighted by molar-refractivity contribution is 0.0407. The third-order valence-electron chi connectivity index (χ3n) is 5.46. The molecule has 1 aliphatic rings. The smallest absolute Gasteiger partial charge is 0.261 e. The fourth-order valence-electron chi connectivity index (χ4n) is 3.87. The Kier molecular flexibility index (Phi) is 6.89. The molecule has 0 aromatic heterocycles. The van der Waals surface area contributed by atoms with Crippen LogP contribution in [0, 0.1) is 0 Å². The molecule has 8 heteroatoms. The second kappa shape index (κ2) is 9.59. The van der Waals surface area contributed by atoms with Gasteiger partial charge in [-0.25, -0.2) is 0 Å². The van der Waals surface area contributed by atoms with Crippen LogP contribution in [-0.2, 0) is 0 Å². The highest BCUT2D eigenvalue weighted by Gasteiger charge is 2.34. The van der Waals surface area contributed by atoms with Crippen molar-refractivity contribution in [3.63, 3.8) is 0 Å². The summed E-state index contributed by atoms with van der Waals surface area (Å²) >= 11 is 0. The van der Waals surface area contributed by atoms with Crippen LogP contribution in [0.25, 0.3) is 0 Å². The van der Waals surface area contributed by atoms with Gasteiger partial charge in [0.15, 0.2) is 0 Å². The molecular weight excluding hydrogens is 400 g/mol. The number of hydrogen-bond acceptors (Lipinski definition) is 6. The van der Waals surface area contributed by atoms with Crippen molar-refractivity contribution >= 4 is 11.8 Å². The molecule has 2 aromatic carbocycles. The van der Waals surface area contributed by atoms with E-state index in [9.17, 15) is 9.59 Å². The van der Waals surface area contributed by atoms with Crippen molar-refractivity contribution in [2.45, 2.75) is 13.0 Å². The zero-order valence-corrected chi connectivity index (χ0v) is 18.5. The van der Waals surface area contributed by atoms with Gasteiger partial charge in [0, 0.05) is 25.7 Å². The van der Waals surface area contributed by atoms with Gasteiger partial charge in [0.1, 0.15) is 34.1 Å². The molecule has 0 radical (unpaired) electrons. The molecule has 0 bridgehead atoms. The summed E-state index contributed by atoms with van der Waals surface area (Å²) in [6.45, 7) is 3.06. The second-order valence-electron chi connectivity index (χ2n) is 7.17. The van der Waals surface area contributed by atoms with Crippen LogP contribution in [0.1, 0.15) is 27.6 Å². The quantitative estimate of drug-likeness (QED) is 0.704. The van der Waals surface area contributed by atoms with Crippen LogP contribution in [0.3, 0.4) is 0 Å². The molecule has 1 heterocycles. The maximum Gasteiger partial charge on any atom is 0.261 e. The molecule has 1 saturated heterocycles. The molecule has 0 saturated carbocycles. The third-order valence-corrected chi connectivity index (χ3v) is 5.46. The standard InChI is InChI=1S/C23H28N2O6/c1-15-14-24(22(26)20-16(28-2)8-6-9-17(20)29-3)12-13-25(15)23(27)21-18(30-4)10-7-11-19(21)31-5/h6-11,15H,12-14H2,1-5H3. The Morgan fingerprint density at radius 3 is 1.55 bits per heavy atom. The van der Waals surface area contributed by atoms with Gasteiger partial charge in [-0.3, -0.25) is 9.59 Å². The summed E-state index contributed by atoms with van der Waals surface area (Å²) < 4.78 is 21.5. The molecule has 0 N–H and O–H groups in total. The van der Waals surface area contributed by atoms with E-state index >= 15 is 0 Å². The Morgan fingerprint density at radius 1 is 0.742 bits per heavy atom. The molecule has 0 spiro atoms. The number of rotatable bonds is 6. The minimum Gasteiger partial charge on any atom is -0.496 e. The molecular formula is C23H28N2O6. The van der Waals surface area contributed by atoms with E-state index in [1.54, 1.807) is 46.2 Å². The van der Waals surface area contributed by atoms with Gasteiger partial charge in [-0.05, 0) is 31.2 Å². The van der Waals surface area contributed by atoms with Gasteiger partial charge in [-0.1, -0.05) is 12.1 Å². The Labute approximate surface area is 182 Å². The summed E-state index contributed by atoms with van der Waals surface area (Å²) in [7, 11) is 6.08. The fraction of sp³-hybridized carbons (Fsp3) is 0.391. The van der Waals surface area contributed by atoms with Crippen molar-refractivity contribution in [1.82, 2.24) is 9.80 Å². The summed E-state index contributed by atoms with van der Waals surface area (Å²) in [5, 5.41) is 0. The maximum absolute atomic E-state index is 13.3. The Balaban J connectivity index is 1.83. The molecule has 0 aliphatic carbocycles. The van der Waals surface area contributed by atoms with Crippen molar-refractivity contribution in [2.75, 3.05) is 48.1 Å². The van der Waals surface area contributed by atoms with Crippen molar-refractivity contribution in [3.8, 4) is 23.0 Å². The topological polar surface area (TPSA) is 77.5 Å². The molecule has 1 unspecified atom stereocenters. The molecule has 2 aromatic rings. The second-order valence-corrected chi connectivity index (χ2v) is 7.17. The molecule has 8 nitrogen and oxygen atoms in total. The Morgan fingerprint density at radius 2 is 1.16 bits per heavy atom. The van der Waals surface area contributed by atoms with Crippen molar-refractivity contribution in [1.29, 1.82) is 0 Å². The van der Waals surface area contributed by atoms with Crippen molar-refractivity contribution in [3.05, 3.63) is 47.5 Å². The number of carbonyl (C=O) groups is 2. The van der Waals surface area contributed by atoms with Gasteiger partial charge in [-0.15, -0.1) is 0 Å². The highest BCUT2D eigenvalue weighted by Crippen LogP contribution is 2.32. The summed E-state index contributed by atoms with van der Waals surface area (Å²) in [5.74, 6) is 1.43. The van der Waals surface area contributed by atoms with Gasteiger partial charge < -0.3 is 28.7 Å². The van der Waals surface area contributed by atoms with Gasteiger partial charge in [0.2, 0.25) is 0 Å². The lowest BCUT2D eigenvalue weighted by Crippen LogP contribution is -2.55. The monoisotopic (exact) mass is 428 g/mol. The van der Waals surface area contributed by atoms with Crippen LogP contribution in [0.4, 0.5) is 0 Å². The summed E-state index contributed by atoms with van der Waals surface area (Å²) in [6, 6.07) is 10.3. The normalized spacial score (nSPS) is 16.0. The summed E-state index contributed by atoms with van der Waals surface area (Å²) in [5.41, 5.74) is 0.761. The number of methoxy groups -OCH3 is 4. The van der Waals surface area contributed by atoms with Crippen LogP contribution in [0.2, 0.25) is 0 Å². The average Bonchev–Trinajstić information content (AvgIpc) is 2.81. The molecule has 166 valence electrons. The number of amides is 2. The Hall–Kier alpha value is -3.42. The first kappa shape index (κ1) is 22.3. The van der Waals surface area contributed by atoms with Crippen molar-refractivity contribution in [2.24, 2.45) is 0 Å². The first-order valence-corrected chi connectivity index (χ1v) is 9.99. The van der Waals surface area contributed by atoms with Crippen LogP contribution < -0.4 is 18.9 Å². The summed E-state index contributed by atoms with van der Waals surface area (Å²) in [4.78, 5) is 30.1. The number of carbonyl (C=O) groups excluding carboxylic acids is 2. The maximum atomic E-state index is 13.3. The van der Waals surface area contributed by atoms with Gasteiger partial charge in [0.05, 0.1) is 28.4 Å². The van der Waals surface area contributed by atoms with Gasteiger partial charge in [-0.2, -0.15) is 0 Å². The van der Waals surface area contributed by atoms with E-state index in [2.05, 4.69) is 0 Å². The molecule has 3 rings (SSSR count). The predicted molar refractivity (Wildman–Crippen MR) is 115 cm³/mol. The Bertz CT molecular complexity index is 917. The van der Waals surface area contributed by atoms with Gasteiger partial charge >= 0.3 is 0 Å². The number of piperazine rings is 1. The first-order valence-electron chi connectivity index (χ1n) is 9.99. The molecule has 1 fully saturated rings. The lowest BCUT2D eigenvalue weighted by Gasteiger charge is -2.40. The van der Waals surface area contributed by atoms with Crippen LogP contribution >= 0.6 is 0 Å². The van der Waals surface area contributed by atoms with Gasteiger partial charge in [0.25, 0.3) is 11.8 Å². The zero-order valence-electron chi connectivity index (χ0n) is 18.5. The lowest BCUT2D eigenvalue weighted by atomic mass is 10.1. The third kappa shape index (κ3) is 4.23. The highest BCUT2D eigenvalue weighted by atomic mass is 16.5. The van der Waals surface area contributed by atoms with Crippen LogP contribution in [0.5, 0.6) is 23.0 Å². The minimum atomic E-state index is -0.208. The molecule has 2 amide bonds. The molecule has 1 aliphatic heterocycles. The zero-order chi connectivity index (χ0) is 22.5. The number of benzene rings is 2. The van der Waals surface area contributed by atoms with E-state index < -0.39 is 0 Å². The van der Waals surface area contributed by atoms with Crippen LogP contribution in [-0.4, -0.2) is 75.7 Å². The highest BCUT2D eigenvalue weighted by molar-refractivity contribution is 6.01. The van der Waals surface area contributed by atoms with E-state index in [4.69, 9.17) is 18.9 Å². The first-order chi connectivity index (χ1) is 15.0. The van der Waals surface area contributed by atoms with E-state index in [1.165, 1.54) is 28.4 Å². The van der Waals surface area contributed by atoms with E-state index in [0.717, 1.165) is 0 Å². The van der Waals surface area contributed by atoms with E-state index in [0.29, 0.717) is 53.8 Å². The minimum absolute atomic E-state index is 0.191. The van der Waals surface area contributed by atoms with Crippen LogP contribution in [0.15, 0.2) is 36.4 Å². The average molecular weight is 428 g/mol. The number of ether oxygens (including phenoxy) is 4. The molecule has 1 atom stereocenters.